The van der Waals surface area contributed by atoms with Gasteiger partial charge in [0.15, 0.2) is 5.96 Å². The monoisotopic (exact) mass is 395 g/mol. The third-order valence-electron chi connectivity index (χ3n) is 3.16. The number of aliphatic imine (C=N–C) groups is 1. The molecule has 0 fully saturated rings. The number of rotatable bonds is 5. The van der Waals surface area contributed by atoms with Crippen molar-refractivity contribution < 1.29 is 0 Å². The van der Waals surface area contributed by atoms with Crippen molar-refractivity contribution in [1.29, 1.82) is 0 Å². The van der Waals surface area contributed by atoms with Crippen molar-refractivity contribution >= 4 is 35.6 Å². The summed E-state index contributed by atoms with van der Waals surface area (Å²) in [6.45, 7) is 2.85. The summed E-state index contributed by atoms with van der Waals surface area (Å²) < 4.78 is 0. The molecule has 2 aromatic carbocycles. The molecule has 2 rings (SSSR count). The minimum Gasteiger partial charge on any atom is -0.370 e. The van der Waals surface area contributed by atoms with Gasteiger partial charge < -0.3 is 11.1 Å². The Morgan fingerprint density at radius 1 is 1.00 bits per heavy atom. The molecule has 0 spiro atoms. The Morgan fingerprint density at radius 3 is 2.24 bits per heavy atom. The molecule has 3 nitrogen and oxygen atoms in total. The molecule has 0 bridgehead atoms. The molecule has 0 atom stereocenters. The fourth-order valence-corrected chi connectivity index (χ4v) is 1.96. The van der Waals surface area contributed by atoms with E-state index in [1.54, 1.807) is 0 Å². The molecule has 0 aromatic heterocycles. The highest BCUT2D eigenvalue weighted by Gasteiger charge is 1.95. The molecule has 21 heavy (non-hydrogen) atoms. The van der Waals surface area contributed by atoms with E-state index in [1.807, 2.05) is 30.3 Å². The van der Waals surface area contributed by atoms with Gasteiger partial charge in [0.2, 0.25) is 0 Å². The molecular weight excluding hydrogens is 373 g/mol. The lowest BCUT2D eigenvalue weighted by molar-refractivity contribution is 0.961. The van der Waals surface area contributed by atoms with Crippen LogP contribution in [0, 0.1) is 0 Å². The van der Waals surface area contributed by atoms with E-state index in [2.05, 4.69) is 41.5 Å². The summed E-state index contributed by atoms with van der Waals surface area (Å²) in [7, 11) is 0. The highest BCUT2D eigenvalue weighted by atomic mass is 127. The van der Waals surface area contributed by atoms with Crippen LogP contribution in [0.3, 0.4) is 0 Å². The summed E-state index contributed by atoms with van der Waals surface area (Å²) >= 11 is 0. The van der Waals surface area contributed by atoms with Gasteiger partial charge >= 0.3 is 0 Å². The number of halogens is 1. The Morgan fingerprint density at radius 2 is 1.62 bits per heavy atom. The van der Waals surface area contributed by atoms with Gasteiger partial charge in [-0.3, -0.25) is 4.99 Å². The molecule has 0 saturated carbocycles. The molecule has 0 heterocycles. The van der Waals surface area contributed by atoms with Gasteiger partial charge in [0, 0.05) is 12.2 Å². The summed E-state index contributed by atoms with van der Waals surface area (Å²) in [6, 6.07) is 18.5. The maximum atomic E-state index is 5.85. The van der Waals surface area contributed by atoms with Gasteiger partial charge in [-0.05, 0) is 36.1 Å². The minimum absolute atomic E-state index is 0. The quantitative estimate of drug-likeness (QED) is 0.459. The van der Waals surface area contributed by atoms with Crippen molar-refractivity contribution in [1.82, 2.24) is 0 Å². The lowest BCUT2D eigenvalue weighted by Gasteiger charge is -2.05. The van der Waals surface area contributed by atoms with E-state index in [9.17, 15) is 0 Å². The van der Waals surface area contributed by atoms with Gasteiger partial charge in [-0.2, -0.15) is 0 Å². The van der Waals surface area contributed by atoms with Gasteiger partial charge in [0.1, 0.15) is 0 Å². The van der Waals surface area contributed by atoms with Crippen LogP contribution < -0.4 is 11.1 Å². The van der Waals surface area contributed by atoms with E-state index < -0.39 is 0 Å². The Kier molecular flexibility index (Phi) is 7.82. The molecule has 4 heteroatoms. The largest absolute Gasteiger partial charge is 0.370 e. The van der Waals surface area contributed by atoms with Gasteiger partial charge in [0.25, 0.3) is 0 Å². The van der Waals surface area contributed by atoms with Crippen molar-refractivity contribution in [3.05, 3.63) is 65.7 Å². The van der Waals surface area contributed by atoms with Crippen molar-refractivity contribution in [2.24, 2.45) is 10.7 Å². The van der Waals surface area contributed by atoms with Gasteiger partial charge in [-0.1, -0.05) is 49.4 Å². The van der Waals surface area contributed by atoms with Crippen molar-refractivity contribution in [2.45, 2.75) is 19.8 Å². The van der Waals surface area contributed by atoms with Crippen LogP contribution >= 0.6 is 24.0 Å². The molecule has 0 aliphatic carbocycles. The number of anilines is 1. The van der Waals surface area contributed by atoms with Gasteiger partial charge in [-0.25, -0.2) is 0 Å². The predicted octanol–water partition coefficient (Wildman–Crippen LogP) is 3.84. The average Bonchev–Trinajstić information content (AvgIpc) is 2.49. The predicted molar refractivity (Wildman–Crippen MR) is 101 cm³/mol. The Bertz CT molecular complexity index is 550. The second-order valence-corrected chi connectivity index (χ2v) is 4.68. The highest BCUT2D eigenvalue weighted by molar-refractivity contribution is 14.0. The Hall–Kier alpha value is -1.56. The van der Waals surface area contributed by atoms with Crippen molar-refractivity contribution in [2.75, 3.05) is 11.9 Å². The fraction of sp³-hybridized carbons (Fsp3) is 0.235. The molecule has 0 amide bonds. The van der Waals surface area contributed by atoms with Crippen LogP contribution in [0.4, 0.5) is 5.69 Å². The zero-order valence-corrected chi connectivity index (χ0v) is 14.6. The minimum atomic E-state index is 0. The maximum Gasteiger partial charge on any atom is 0.193 e. The third-order valence-corrected chi connectivity index (χ3v) is 3.16. The van der Waals surface area contributed by atoms with E-state index in [1.165, 1.54) is 11.1 Å². The van der Waals surface area contributed by atoms with Crippen LogP contribution in [-0.4, -0.2) is 12.5 Å². The first kappa shape index (κ1) is 17.5. The topological polar surface area (TPSA) is 50.4 Å². The van der Waals surface area contributed by atoms with Crippen molar-refractivity contribution in [3.63, 3.8) is 0 Å². The third kappa shape index (κ3) is 6.16. The zero-order valence-electron chi connectivity index (χ0n) is 12.3. The number of nitrogens with zero attached hydrogens (tertiary/aromatic N) is 1. The number of hydrogen-bond acceptors (Lipinski definition) is 1. The lowest BCUT2D eigenvalue weighted by atomic mass is 10.1. The Labute approximate surface area is 143 Å². The van der Waals surface area contributed by atoms with Crippen LogP contribution in [-0.2, 0) is 12.8 Å². The van der Waals surface area contributed by atoms with E-state index in [0.717, 1.165) is 18.5 Å². The van der Waals surface area contributed by atoms with Gasteiger partial charge in [-0.15, -0.1) is 24.0 Å². The van der Waals surface area contributed by atoms with E-state index >= 15 is 0 Å². The first-order valence-corrected chi connectivity index (χ1v) is 6.97. The summed E-state index contributed by atoms with van der Waals surface area (Å²) in [5.74, 6) is 0.460. The maximum absolute atomic E-state index is 5.85. The number of aryl methyl sites for hydroxylation is 1. The van der Waals surface area contributed by atoms with Crippen LogP contribution in [0.1, 0.15) is 18.1 Å². The second-order valence-electron chi connectivity index (χ2n) is 4.68. The molecule has 0 unspecified atom stereocenters. The summed E-state index contributed by atoms with van der Waals surface area (Å²) in [4.78, 5) is 4.34. The number of guanidine groups is 1. The zero-order chi connectivity index (χ0) is 14.2. The standard InChI is InChI=1S/C17H21N3.HI/c1-2-14-8-10-15(11-9-14)12-13-19-17(18)20-16-6-4-3-5-7-16;/h3-11H,2,12-13H2,1H3,(H3,18,19,20);1H. The van der Waals surface area contributed by atoms with E-state index in [4.69, 9.17) is 5.73 Å². The molecule has 0 aliphatic rings. The normalized spacial score (nSPS) is 10.8. The number of hydrogen-bond donors (Lipinski definition) is 2. The summed E-state index contributed by atoms with van der Waals surface area (Å²) in [6.07, 6.45) is 1.98. The molecule has 0 aliphatic heterocycles. The lowest BCUT2D eigenvalue weighted by Crippen LogP contribution is -2.23. The second kappa shape index (κ2) is 9.39. The highest BCUT2D eigenvalue weighted by Crippen LogP contribution is 2.06. The fourth-order valence-electron chi connectivity index (χ4n) is 1.96. The molecule has 0 radical (unpaired) electrons. The smallest absolute Gasteiger partial charge is 0.193 e. The van der Waals surface area contributed by atoms with E-state index in [0.29, 0.717) is 12.5 Å². The Balaban J connectivity index is 0.00000220. The summed E-state index contributed by atoms with van der Waals surface area (Å²) in [5, 5.41) is 3.07. The molecule has 3 N–H and O–H groups in total. The molecular formula is C17H22IN3. The van der Waals surface area contributed by atoms with Crippen LogP contribution in [0.2, 0.25) is 0 Å². The first-order chi connectivity index (χ1) is 9.78. The average molecular weight is 395 g/mol. The van der Waals surface area contributed by atoms with Crippen LogP contribution in [0.25, 0.3) is 0 Å². The molecule has 0 saturated heterocycles. The van der Waals surface area contributed by atoms with Crippen molar-refractivity contribution in [3.8, 4) is 0 Å². The first-order valence-electron chi connectivity index (χ1n) is 6.97. The number of nitrogens with one attached hydrogen (secondary N) is 1. The van der Waals surface area contributed by atoms with Gasteiger partial charge in [0.05, 0.1) is 0 Å². The number of nitrogens with two attached hydrogens (primary N) is 1. The number of benzene rings is 2. The van der Waals surface area contributed by atoms with Crippen LogP contribution in [0.15, 0.2) is 59.6 Å². The summed E-state index contributed by atoms with van der Waals surface area (Å²) in [5.41, 5.74) is 9.47. The van der Waals surface area contributed by atoms with E-state index in [-0.39, 0.29) is 24.0 Å². The SMILES string of the molecule is CCc1ccc(CCN=C(N)Nc2ccccc2)cc1.I. The number of para-hydroxylation sites is 1. The molecule has 112 valence electrons. The van der Waals surface area contributed by atoms with Crippen LogP contribution in [0.5, 0.6) is 0 Å². The molecule has 2 aromatic rings.